The van der Waals surface area contributed by atoms with Crippen molar-refractivity contribution in [3.05, 3.63) is 24.0 Å². The van der Waals surface area contributed by atoms with E-state index in [0.29, 0.717) is 0 Å². The molecule has 2 atom stereocenters. The number of hydrogen-bond acceptors (Lipinski definition) is 0. The fourth-order valence-corrected chi connectivity index (χ4v) is 3.09. The molecule has 2 rings (SSSR count). The van der Waals surface area contributed by atoms with E-state index in [4.69, 9.17) is 0 Å². The van der Waals surface area contributed by atoms with Crippen molar-refractivity contribution >= 4 is 0 Å². The van der Waals surface area contributed by atoms with E-state index in [2.05, 4.69) is 36.7 Å². The Morgan fingerprint density at radius 3 is 2.44 bits per heavy atom. The molecule has 90 valence electrons. The molecule has 0 amide bonds. The fraction of sp³-hybridized carbons (Fsp3) is 0.733. The van der Waals surface area contributed by atoms with Crippen LogP contribution in [0, 0.1) is 12.8 Å². The van der Waals surface area contributed by atoms with Crippen molar-refractivity contribution in [2.45, 2.75) is 64.8 Å². The Labute approximate surface area is 99.9 Å². The number of hydrogen-bond donors (Lipinski definition) is 0. The second-order valence-electron chi connectivity index (χ2n) is 5.45. The van der Waals surface area contributed by atoms with Crippen LogP contribution >= 0.6 is 0 Å². The molecule has 1 aromatic rings. The lowest BCUT2D eigenvalue weighted by Crippen LogP contribution is -2.17. The molecule has 1 aromatic heterocycles. The molecule has 1 nitrogen and oxygen atoms in total. The van der Waals surface area contributed by atoms with E-state index in [1.54, 1.807) is 0 Å². The molecule has 1 heterocycles. The van der Waals surface area contributed by atoms with Gasteiger partial charge in [0.25, 0.3) is 0 Å². The van der Waals surface area contributed by atoms with Gasteiger partial charge in [-0.3, -0.25) is 0 Å². The molecule has 1 heteroatoms. The zero-order chi connectivity index (χ0) is 11.4. The van der Waals surface area contributed by atoms with E-state index in [1.807, 2.05) is 0 Å². The maximum atomic E-state index is 2.51. The van der Waals surface area contributed by atoms with Gasteiger partial charge in [-0.15, -0.1) is 0 Å². The van der Waals surface area contributed by atoms with Crippen molar-refractivity contribution in [1.29, 1.82) is 0 Å². The first-order chi connectivity index (χ1) is 7.79. The van der Waals surface area contributed by atoms with Crippen LogP contribution in [0.4, 0.5) is 0 Å². The van der Waals surface area contributed by atoms with E-state index in [-0.39, 0.29) is 0 Å². The minimum atomic E-state index is 0.744. The average molecular weight is 219 g/mol. The summed E-state index contributed by atoms with van der Waals surface area (Å²) in [6, 6.07) is 5.17. The quantitative estimate of drug-likeness (QED) is 0.644. The molecular weight excluding hydrogens is 194 g/mol. The lowest BCUT2D eigenvalue weighted by molar-refractivity contribution is 0.307. The van der Waals surface area contributed by atoms with Gasteiger partial charge in [-0.25, -0.2) is 0 Å². The van der Waals surface area contributed by atoms with Gasteiger partial charge >= 0.3 is 0 Å². The van der Waals surface area contributed by atoms with E-state index in [0.717, 1.165) is 12.0 Å². The van der Waals surface area contributed by atoms with Crippen LogP contribution in [-0.4, -0.2) is 4.57 Å². The minimum Gasteiger partial charge on any atom is -0.348 e. The Balaban J connectivity index is 2.12. The maximum Gasteiger partial charge on any atom is 0.0358 e. The van der Waals surface area contributed by atoms with Crippen LogP contribution in [0.2, 0.25) is 0 Å². The Hall–Kier alpha value is -0.720. The summed E-state index contributed by atoms with van der Waals surface area (Å²) in [4.78, 5) is 0. The van der Waals surface area contributed by atoms with E-state index < -0.39 is 0 Å². The van der Waals surface area contributed by atoms with Crippen LogP contribution in [0.25, 0.3) is 0 Å². The van der Waals surface area contributed by atoms with Crippen LogP contribution < -0.4 is 0 Å². The number of aromatic nitrogens is 1. The van der Waals surface area contributed by atoms with Crippen molar-refractivity contribution in [3.8, 4) is 0 Å². The molecular formula is C15H25N. The standard InChI is InChI=1S/C15H25N/c1-13-9-6-4-3-5-7-11-15(13)16-12-8-10-14(16)2/h8,10,12-13,15H,3-7,9,11H2,1-2H3. The van der Waals surface area contributed by atoms with Crippen molar-refractivity contribution in [2.24, 2.45) is 5.92 Å². The molecule has 0 spiro atoms. The Morgan fingerprint density at radius 2 is 1.75 bits per heavy atom. The topological polar surface area (TPSA) is 4.93 Å². The van der Waals surface area contributed by atoms with Crippen LogP contribution in [-0.2, 0) is 0 Å². The third-order valence-corrected chi connectivity index (χ3v) is 4.16. The van der Waals surface area contributed by atoms with Crippen LogP contribution in [0.1, 0.15) is 63.6 Å². The summed E-state index contributed by atoms with van der Waals surface area (Å²) in [6.45, 7) is 4.68. The molecule has 1 saturated carbocycles. The van der Waals surface area contributed by atoms with E-state index in [9.17, 15) is 0 Å². The second kappa shape index (κ2) is 5.56. The van der Waals surface area contributed by atoms with Crippen molar-refractivity contribution in [3.63, 3.8) is 0 Å². The molecule has 0 saturated heterocycles. The Kier molecular flexibility index (Phi) is 4.09. The zero-order valence-corrected chi connectivity index (χ0v) is 10.8. The summed E-state index contributed by atoms with van der Waals surface area (Å²) in [5.74, 6) is 0.837. The van der Waals surface area contributed by atoms with E-state index >= 15 is 0 Å². The van der Waals surface area contributed by atoms with E-state index in [1.165, 1.54) is 50.6 Å². The molecule has 2 unspecified atom stereocenters. The number of nitrogens with zero attached hydrogens (tertiary/aromatic N) is 1. The molecule has 0 aliphatic heterocycles. The Morgan fingerprint density at radius 1 is 1.06 bits per heavy atom. The number of aryl methyl sites for hydroxylation is 1. The lowest BCUT2D eigenvalue weighted by Gasteiger charge is -2.26. The molecule has 0 bridgehead atoms. The van der Waals surface area contributed by atoms with Gasteiger partial charge in [-0.1, -0.05) is 39.0 Å². The van der Waals surface area contributed by atoms with Gasteiger partial charge in [0.05, 0.1) is 0 Å². The SMILES string of the molecule is Cc1cccn1C1CCCCCCCC1C. The van der Waals surface area contributed by atoms with Crippen LogP contribution in [0.15, 0.2) is 18.3 Å². The monoisotopic (exact) mass is 219 g/mol. The largest absolute Gasteiger partial charge is 0.348 e. The average Bonchev–Trinajstić information content (AvgIpc) is 2.70. The van der Waals surface area contributed by atoms with Gasteiger partial charge in [-0.05, 0) is 37.8 Å². The smallest absolute Gasteiger partial charge is 0.0358 e. The Bertz CT molecular complexity index is 313. The highest BCUT2D eigenvalue weighted by atomic mass is 15.0. The van der Waals surface area contributed by atoms with Gasteiger partial charge in [0, 0.05) is 17.9 Å². The predicted octanol–water partition coefficient (Wildman–Crippen LogP) is 4.72. The first-order valence-corrected chi connectivity index (χ1v) is 6.92. The molecule has 1 aliphatic carbocycles. The first-order valence-electron chi connectivity index (χ1n) is 6.92. The van der Waals surface area contributed by atoms with Gasteiger partial charge in [0.2, 0.25) is 0 Å². The summed E-state index contributed by atoms with van der Waals surface area (Å²) in [5, 5.41) is 0. The van der Waals surface area contributed by atoms with Crippen molar-refractivity contribution in [1.82, 2.24) is 4.57 Å². The maximum absolute atomic E-state index is 2.51. The van der Waals surface area contributed by atoms with Crippen molar-refractivity contribution < 1.29 is 0 Å². The summed E-state index contributed by atoms with van der Waals surface area (Å²) < 4.78 is 2.51. The lowest BCUT2D eigenvalue weighted by atomic mass is 9.93. The molecule has 0 radical (unpaired) electrons. The fourth-order valence-electron chi connectivity index (χ4n) is 3.09. The van der Waals surface area contributed by atoms with Gasteiger partial charge in [0.15, 0.2) is 0 Å². The first kappa shape index (κ1) is 11.8. The summed E-state index contributed by atoms with van der Waals surface area (Å²) in [7, 11) is 0. The second-order valence-corrected chi connectivity index (χ2v) is 5.45. The number of rotatable bonds is 1. The molecule has 0 aromatic carbocycles. The molecule has 16 heavy (non-hydrogen) atoms. The molecule has 1 fully saturated rings. The predicted molar refractivity (Wildman–Crippen MR) is 69.7 cm³/mol. The van der Waals surface area contributed by atoms with Gasteiger partial charge in [-0.2, -0.15) is 0 Å². The minimum absolute atomic E-state index is 0.744. The summed E-state index contributed by atoms with van der Waals surface area (Å²) in [6.07, 6.45) is 12.2. The molecule has 1 aliphatic rings. The third-order valence-electron chi connectivity index (χ3n) is 4.16. The van der Waals surface area contributed by atoms with Crippen LogP contribution in [0.3, 0.4) is 0 Å². The highest BCUT2D eigenvalue weighted by Crippen LogP contribution is 2.31. The normalized spacial score (nSPS) is 28.1. The summed E-state index contributed by atoms with van der Waals surface area (Å²) >= 11 is 0. The molecule has 0 N–H and O–H groups in total. The van der Waals surface area contributed by atoms with Gasteiger partial charge in [0.1, 0.15) is 0 Å². The van der Waals surface area contributed by atoms with Crippen LogP contribution in [0.5, 0.6) is 0 Å². The highest BCUT2D eigenvalue weighted by Gasteiger charge is 2.20. The van der Waals surface area contributed by atoms with Gasteiger partial charge < -0.3 is 4.57 Å². The highest BCUT2D eigenvalue weighted by molar-refractivity contribution is 5.06. The van der Waals surface area contributed by atoms with Crippen molar-refractivity contribution in [2.75, 3.05) is 0 Å². The zero-order valence-electron chi connectivity index (χ0n) is 10.8. The summed E-state index contributed by atoms with van der Waals surface area (Å²) in [5.41, 5.74) is 1.43. The third kappa shape index (κ3) is 2.69.